The first-order chi connectivity index (χ1) is 18.8. The second-order valence-electron chi connectivity index (χ2n) is 11.2. The van der Waals surface area contributed by atoms with Gasteiger partial charge in [0.2, 0.25) is 0 Å². The molecular formula is C31H27ClFN3O3. The van der Waals surface area contributed by atoms with Gasteiger partial charge in [-0.1, -0.05) is 28.9 Å². The summed E-state index contributed by atoms with van der Waals surface area (Å²) in [6, 6.07) is 12.4. The maximum Gasteiger partial charge on any atom is 0.354 e. The van der Waals surface area contributed by atoms with Crippen molar-refractivity contribution in [3.63, 3.8) is 0 Å². The summed E-state index contributed by atoms with van der Waals surface area (Å²) in [5.74, 6) is -0.183. The summed E-state index contributed by atoms with van der Waals surface area (Å²) in [5.41, 5.74) is 5.87. The van der Waals surface area contributed by atoms with Crippen LogP contribution in [-0.2, 0) is 0 Å². The van der Waals surface area contributed by atoms with E-state index in [1.165, 1.54) is 11.6 Å². The van der Waals surface area contributed by atoms with Crippen LogP contribution >= 0.6 is 11.6 Å². The fraction of sp³-hybridized carbons (Fsp3) is 0.323. The Hall–Kier alpha value is -3.71. The molecule has 0 bridgehead atoms. The van der Waals surface area contributed by atoms with Gasteiger partial charge in [0.05, 0.1) is 16.1 Å². The van der Waals surface area contributed by atoms with Crippen LogP contribution in [0.15, 0.2) is 53.1 Å². The van der Waals surface area contributed by atoms with Gasteiger partial charge in [0.15, 0.2) is 0 Å². The van der Waals surface area contributed by atoms with Gasteiger partial charge in [-0.3, -0.25) is 0 Å². The molecule has 0 atom stereocenters. The number of halogens is 2. The Balaban J connectivity index is 1.14. The van der Waals surface area contributed by atoms with Gasteiger partial charge in [0, 0.05) is 35.6 Å². The summed E-state index contributed by atoms with van der Waals surface area (Å²) in [7, 11) is 0. The van der Waals surface area contributed by atoms with E-state index in [4.69, 9.17) is 16.1 Å². The highest BCUT2D eigenvalue weighted by molar-refractivity contribution is 6.33. The first-order valence-electron chi connectivity index (χ1n) is 13.4. The molecule has 2 aromatic carbocycles. The van der Waals surface area contributed by atoms with Crippen LogP contribution in [0.3, 0.4) is 0 Å². The number of allylic oxidation sites excluding steroid dienone is 2. The number of nitrogens with zero attached hydrogens (tertiary/aromatic N) is 3. The van der Waals surface area contributed by atoms with Crippen molar-refractivity contribution in [3.8, 4) is 11.3 Å². The number of fused-ring (bicyclic) bond motifs is 1. The smallest absolute Gasteiger partial charge is 0.354 e. The van der Waals surface area contributed by atoms with E-state index >= 15 is 0 Å². The van der Waals surface area contributed by atoms with Crippen LogP contribution < -0.4 is 4.90 Å². The summed E-state index contributed by atoms with van der Waals surface area (Å²) in [4.78, 5) is 18.1. The van der Waals surface area contributed by atoms with E-state index in [-0.39, 0.29) is 16.9 Å². The van der Waals surface area contributed by atoms with Crippen molar-refractivity contribution in [1.29, 1.82) is 0 Å². The van der Waals surface area contributed by atoms with E-state index in [1.54, 1.807) is 18.2 Å². The molecule has 0 amide bonds. The van der Waals surface area contributed by atoms with E-state index in [0.717, 1.165) is 73.2 Å². The summed E-state index contributed by atoms with van der Waals surface area (Å²) in [5, 5.41) is 15.0. The second kappa shape index (κ2) is 8.91. The fourth-order valence-electron chi connectivity index (χ4n) is 6.23. The molecule has 1 saturated carbocycles. The second-order valence-corrected chi connectivity index (χ2v) is 11.6. The Morgan fingerprint density at radius 2 is 1.92 bits per heavy atom. The van der Waals surface area contributed by atoms with Gasteiger partial charge in [-0.15, -0.1) is 0 Å². The first kappa shape index (κ1) is 24.3. The molecule has 8 heteroatoms. The SMILES string of the molecule is Cc1cc(C(=O)O)nc2ccc(N3CCC4(C=C(c5c(-c6c(F)cccc6Cl)noc5C5CC5)C4)CC3)cc12. The van der Waals surface area contributed by atoms with Gasteiger partial charge in [-0.2, -0.15) is 0 Å². The van der Waals surface area contributed by atoms with Gasteiger partial charge in [-0.25, -0.2) is 14.2 Å². The number of rotatable bonds is 5. The lowest BCUT2D eigenvalue weighted by atomic mass is 9.63. The van der Waals surface area contributed by atoms with Crippen LogP contribution in [0.5, 0.6) is 0 Å². The first-order valence-corrected chi connectivity index (χ1v) is 13.8. The molecule has 1 saturated heterocycles. The molecule has 39 heavy (non-hydrogen) atoms. The average molecular weight is 544 g/mol. The Kier molecular flexibility index (Phi) is 5.56. The van der Waals surface area contributed by atoms with Crippen molar-refractivity contribution >= 4 is 39.7 Å². The lowest BCUT2D eigenvalue weighted by Crippen LogP contribution is -2.42. The van der Waals surface area contributed by atoms with E-state index in [0.29, 0.717) is 27.7 Å². The Labute approximate surface area is 230 Å². The van der Waals surface area contributed by atoms with Crippen molar-refractivity contribution in [3.05, 3.63) is 82.0 Å². The van der Waals surface area contributed by atoms with Crippen molar-refractivity contribution in [2.45, 2.75) is 44.9 Å². The minimum Gasteiger partial charge on any atom is -0.477 e. The predicted octanol–water partition coefficient (Wildman–Crippen LogP) is 7.64. The zero-order valence-electron chi connectivity index (χ0n) is 21.5. The molecule has 0 radical (unpaired) electrons. The number of benzene rings is 2. The highest BCUT2D eigenvalue weighted by Gasteiger charge is 2.44. The molecule has 6 nitrogen and oxygen atoms in total. The van der Waals surface area contributed by atoms with E-state index in [2.05, 4.69) is 27.2 Å². The Morgan fingerprint density at radius 3 is 2.62 bits per heavy atom. The molecule has 7 rings (SSSR count). The normalized spacial score (nSPS) is 18.3. The molecule has 2 fully saturated rings. The molecule has 2 aliphatic carbocycles. The van der Waals surface area contributed by atoms with Gasteiger partial charge in [-0.05, 0) is 92.0 Å². The van der Waals surface area contributed by atoms with Crippen LogP contribution in [0.1, 0.15) is 65.4 Å². The van der Waals surface area contributed by atoms with Gasteiger partial charge < -0.3 is 14.5 Å². The molecule has 198 valence electrons. The third kappa shape index (κ3) is 4.11. The number of piperidine rings is 1. The Morgan fingerprint density at radius 1 is 1.15 bits per heavy atom. The lowest BCUT2D eigenvalue weighted by molar-refractivity contribution is 0.0691. The Bertz CT molecular complexity index is 1660. The van der Waals surface area contributed by atoms with Crippen LogP contribution in [0, 0.1) is 18.2 Å². The fourth-order valence-corrected chi connectivity index (χ4v) is 6.48. The minimum absolute atomic E-state index is 0.0679. The van der Waals surface area contributed by atoms with Gasteiger partial charge >= 0.3 is 5.97 Å². The number of anilines is 1. The minimum atomic E-state index is -1.02. The van der Waals surface area contributed by atoms with Crippen molar-refractivity contribution < 1.29 is 18.8 Å². The van der Waals surface area contributed by atoms with E-state index in [1.807, 2.05) is 19.1 Å². The van der Waals surface area contributed by atoms with Crippen LogP contribution in [0.25, 0.3) is 27.7 Å². The number of aryl methyl sites for hydroxylation is 1. The van der Waals surface area contributed by atoms with Crippen molar-refractivity contribution in [2.75, 3.05) is 18.0 Å². The molecule has 2 aromatic heterocycles. The highest BCUT2D eigenvalue weighted by atomic mass is 35.5. The topological polar surface area (TPSA) is 79.5 Å². The number of hydrogen-bond donors (Lipinski definition) is 1. The molecule has 3 heterocycles. The number of aromatic nitrogens is 2. The highest BCUT2D eigenvalue weighted by Crippen LogP contribution is 2.56. The van der Waals surface area contributed by atoms with Crippen LogP contribution in [-0.4, -0.2) is 34.3 Å². The summed E-state index contributed by atoms with van der Waals surface area (Å²) in [6.07, 6.45) is 7.45. The molecule has 1 aliphatic heterocycles. The number of pyridine rings is 1. The van der Waals surface area contributed by atoms with Crippen LogP contribution in [0.2, 0.25) is 5.02 Å². The van der Waals surface area contributed by atoms with Gasteiger partial charge in [0.1, 0.15) is 23.0 Å². The average Bonchev–Trinajstić information content (AvgIpc) is 3.66. The summed E-state index contributed by atoms with van der Waals surface area (Å²) < 4.78 is 20.6. The van der Waals surface area contributed by atoms with E-state index < -0.39 is 5.97 Å². The maximum absolute atomic E-state index is 14.8. The third-order valence-electron chi connectivity index (χ3n) is 8.55. The van der Waals surface area contributed by atoms with Crippen LogP contribution in [0.4, 0.5) is 10.1 Å². The predicted molar refractivity (Wildman–Crippen MR) is 149 cm³/mol. The van der Waals surface area contributed by atoms with Crippen molar-refractivity contribution in [1.82, 2.24) is 10.1 Å². The quantitative estimate of drug-likeness (QED) is 0.278. The third-order valence-corrected chi connectivity index (χ3v) is 8.87. The number of aromatic carboxylic acids is 1. The largest absolute Gasteiger partial charge is 0.477 e. The van der Waals surface area contributed by atoms with E-state index in [9.17, 15) is 14.3 Å². The molecule has 1 N–H and O–H groups in total. The summed E-state index contributed by atoms with van der Waals surface area (Å²) in [6.45, 7) is 3.76. The monoisotopic (exact) mass is 543 g/mol. The maximum atomic E-state index is 14.8. The molecule has 1 spiro atoms. The molecule has 4 aromatic rings. The number of carboxylic acid groups (broad SMARTS) is 1. The number of hydrogen-bond acceptors (Lipinski definition) is 5. The summed E-state index contributed by atoms with van der Waals surface area (Å²) >= 11 is 6.41. The molecule has 3 aliphatic rings. The zero-order chi connectivity index (χ0) is 26.9. The molecule has 0 unspecified atom stereocenters. The zero-order valence-corrected chi connectivity index (χ0v) is 22.3. The number of carbonyl (C=O) groups is 1. The lowest BCUT2D eigenvalue weighted by Gasteiger charge is -2.47. The molecular weight excluding hydrogens is 517 g/mol. The van der Waals surface area contributed by atoms with Crippen molar-refractivity contribution in [2.24, 2.45) is 5.41 Å². The number of carboxylic acids is 1. The standard InChI is InChI=1S/C31H27ClFN3O3/c1-17-13-25(30(37)38)34-24-8-7-20(14-21(17)24)36-11-9-31(10-12-36)15-19(16-31)26-28(35-39-29(26)18-5-6-18)27-22(32)3-2-4-23(27)33/h2-4,7-8,13-15,18H,5-6,9-12,16H2,1H3,(H,37,38). The van der Waals surface area contributed by atoms with Gasteiger partial charge in [0.25, 0.3) is 0 Å².